The maximum atomic E-state index is 12.8. The van der Waals surface area contributed by atoms with Crippen molar-refractivity contribution < 1.29 is 14.6 Å². The van der Waals surface area contributed by atoms with E-state index in [0.717, 1.165) is 0 Å². The van der Waals surface area contributed by atoms with Gasteiger partial charge in [0.05, 0.1) is 12.2 Å². The third kappa shape index (κ3) is 3.44. The first kappa shape index (κ1) is 13.4. The van der Waals surface area contributed by atoms with Crippen LogP contribution in [0.2, 0.25) is 5.02 Å². The average molecular weight is 247 g/mol. The van der Waals surface area contributed by atoms with Crippen LogP contribution < -0.4 is 0 Å². The fraction of sp³-hybridized carbons (Fsp3) is 0.500. The van der Waals surface area contributed by atoms with Crippen molar-refractivity contribution >= 4 is 11.6 Å². The van der Waals surface area contributed by atoms with E-state index < -0.39 is 18.0 Å². The van der Waals surface area contributed by atoms with E-state index in [9.17, 15) is 14.6 Å². The Morgan fingerprint density at radius 1 is 1.31 bits per heavy atom. The molecule has 2 nitrogen and oxygen atoms in total. The van der Waals surface area contributed by atoms with Gasteiger partial charge >= 0.3 is 0 Å². The van der Waals surface area contributed by atoms with Crippen LogP contribution in [0.15, 0.2) is 18.2 Å². The second-order valence-electron chi connectivity index (χ2n) is 4.24. The van der Waals surface area contributed by atoms with E-state index >= 15 is 0 Å². The molecule has 90 valence electrons. The van der Waals surface area contributed by atoms with Gasteiger partial charge in [-0.05, 0) is 23.6 Å². The Morgan fingerprint density at radius 2 is 1.94 bits per heavy atom. The maximum Gasteiger partial charge on any atom is 0.124 e. The number of aliphatic hydroxyl groups is 2. The fourth-order valence-electron chi connectivity index (χ4n) is 1.48. The Morgan fingerprint density at radius 3 is 2.44 bits per heavy atom. The van der Waals surface area contributed by atoms with Crippen LogP contribution in [0.5, 0.6) is 0 Å². The lowest BCUT2D eigenvalue weighted by atomic mass is 9.96. The van der Waals surface area contributed by atoms with Gasteiger partial charge in [0.15, 0.2) is 0 Å². The van der Waals surface area contributed by atoms with Gasteiger partial charge in [0.1, 0.15) is 5.82 Å². The summed E-state index contributed by atoms with van der Waals surface area (Å²) in [5, 5.41) is 19.6. The van der Waals surface area contributed by atoms with E-state index in [0.29, 0.717) is 5.56 Å². The van der Waals surface area contributed by atoms with Crippen molar-refractivity contribution in [2.45, 2.75) is 32.5 Å². The van der Waals surface area contributed by atoms with Crippen molar-refractivity contribution in [1.29, 1.82) is 0 Å². The standard InChI is InChI=1S/C12H16ClFO2/c1-7(2)12(16)11(15)5-8-3-4-9(14)6-10(8)13/h3-4,6-7,11-12,15-16H,5H2,1-2H3. The molecule has 0 radical (unpaired) electrons. The molecule has 0 fully saturated rings. The van der Waals surface area contributed by atoms with Crippen LogP contribution >= 0.6 is 11.6 Å². The van der Waals surface area contributed by atoms with Crippen LogP contribution in [-0.4, -0.2) is 22.4 Å². The van der Waals surface area contributed by atoms with Crippen molar-refractivity contribution in [1.82, 2.24) is 0 Å². The molecule has 2 N–H and O–H groups in total. The Kier molecular flexibility index (Phi) is 4.71. The number of hydrogen-bond acceptors (Lipinski definition) is 2. The third-order valence-electron chi connectivity index (χ3n) is 2.52. The summed E-state index contributed by atoms with van der Waals surface area (Å²) < 4.78 is 12.8. The van der Waals surface area contributed by atoms with Crippen molar-refractivity contribution in [2.75, 3.05) is 0 Å². The Hall–Kier alpha value is -0.640. The Labute approximate surface area is 99.7 Å². The molecule has 16 heavy (non-hydrogen) atoms. The van der Waals surface area contributed by atoms with E-state index in [4.69, 9.17) is 11.6 Å². The first-order valence-electron chi connectivity index (χ1n) is 5.22. The van der Waals surface area contributed by atoms with Crippen LogP contribution in [0, 0.1) is 11.7 Å². The predicted molar refractivity (Wildman–Crippen MR) is 62.0 cm³/mol. The zero-order chi connectivity index (χ0) is 12.3. The van der Waals surface area contributed by atoms with Crippen LogP contribution in [0.1, 0.15) is 19.4 Å². The molecule has 1 aromatic rings. The number of aliphatic hydroxyl groups excluding tert-OH is 2. The van der Waals surface area contributed by atoms with E-state index in [2.05, 4.69) is 0 Å². The van der Waals surface area contributed by atoms with Gasteiger partial charge < -0.3 is 10.2 Å². The maximum absolute atomic E-state index is 12.8. The van der Waals surface area contributed by atoms with Gasteiger partial charge in [-0.1, -0.05) is 31.5 Å². The molecule has 0 spiro atoms. The molecule has 2 atom stereocenters. The smallest absolute Gasteiger partial charge is 0.124 e. The lowest BCUT2D eigenvalue weighted by molar-refractivity contribution is -0.00731. The lowest BCUT2D eigenvalue weighted by Crippen LogP contribution is -2.32. The lowest BCUT2D eigenvalue weighted by Gasteiger charge is -2.21. The minimum absolute atomic E-state index is 0.0331. The fourth-order valence-corrected chi connectivity index (χ4v) is 1.72. The molecular formula is C12H16ClFO2. The van der Waals surface area contributed by atoms with Gasteiger partial charge in [0.25, 0.3) is 0 Å². The second kappa shape index (κ2) is 5.62. The molecule has 0 saturated carbocycles. The molecular weight excluding hydrogens is 231 g/mol. The monoisotopic (exact) mass is 246 g/mol. The molecule has 0 aliphatic heterocycles. The van der Waals surface area contributed by atoms with Gasteiger partial charge in [0.2, 0.25) is 0 Å². The number of benzene rings is 1. The summed E-state index contributed by atoms with van der Waals surface area (Å²) in [6.45, 7) is 3.64. The minimum Gasteiger partial charge on any atom is -0.390 e. The Bertz CT molecular complexity index is 355. The molecule has 0 aliphatic carbocycles. The molecule has 0 heterocycles. The largest absolute Gasteiger partial charge is 0.390 e. The number of hydrogen-bond donors (Lipinski definition) is 2. The molecule has 2 unspecified atom stereocenters. The summed E-state index contributed by atoms with van der Waals surface area (Å²) in [4.78, 5) is 0. The van der Waals surface area contributed by atoms with Crippen molar-refractivity contribution in [3.63, 3.8) is 0 Å². The molecule has 1 aromatic carbocycles. The SMILES string of the molecule is CC(C)C(O)C(O)Cc1ccc(F)cc1Cl. The predicted octanol–water partition coefficient (Wildman–Crippen LogP) is 2.40. The van der Waals surface area contributed by atoms with Gasteiger partial charge in [-0.15, -0.1) is 0 Å². The second-order valence-corrected chi connectivity index (χ2v) is 4.65. The highest BCUT2D eigenvalue weighted by molar-refractivity contribution is 6.31. The van der Waals surface area contributed by atoms with E-state index in [-0.39, 0.29) is 17.4 Å². The zero-order valence-corrected chi connectivity index (χ0v) is 10.1. The third-order valence-corrected chi connectivity index (χ3v) is 2.87. The van der Waals surface area contributed by atoms with E-state index in [1.54, 1.807) is 0 Å². The number of rotatable bonds is 4. The topological polar surface area (TPSA) is 40.5 Å². The van der Waals surface area contributed by atoms with Gasteiger partial charge in [-0.2, -0.15) is 0 Å². The highest BCUT2D eigenvalue weighted by Crippen LogP contribution is 2.20. The molecule has 1 rings (SSSR count). The summed E-state index contributed by atoms with van der Waals surface area (Å²) in [6.07, 6.45) is -1.47. The highest BCUT2D eigenvalue weighted by atomic mass is 35.5. The van der Waals surface area contributed by atoms with Gasteiger partial charge in [-0.25, -0.2) is 4.39 Å². The first-order valence-corrected chi connectivity index (χ1v) is 5.59. The molecule has 0 bridgehead atoms. The van der Waals surface area contributed by atoms with E-state index in [1.165, 1.54) is 18.2 Å². The molecule has 4 heteroatoms. The van der Waals surface area contributed by atoms with Crippen LogP contribution in [0.25, 0.3) is 0 Å². The van der Waals surface area contributed by atoms with E-state index in [1.807, 2.05) is 13.8 Å². The molecule has 0 saturated heterocycles. The van der Waals surface area contributed by atoms with Crippen LogP contribution in [-0.2, 0) is 6.42 Å². The summed E-state index contributed by atoms with van der Waals surface area (Å²) in [5.41, 5.74) is 0.635. The number of halogens is 2. The van der Waals surface area contributed by atoms with Crippen molar-refractivity contribution in [2.24, 2.45) is 5.92 Å². The quantitative estimate of drug-likeness (QED) is 0.857. The zero-order valence-electron chi connectivity index (χ0n) is 9.32. The first-order chi connectivity index (χ1) is 7.41. The molecule has 0 amide bonds. The van der Waals surface area contributed by atoms with Gasteiger partial charge in [-0.3, -0.25) is 0 Å². The molecule has 0 aliphatic rings. The summed E-state index contributed by atoms with van der Waals surface area (Å²) in [5.74, 6) is -0.443. The molecule has 0 aromatic heterocycles. The van der Waals surface area contributed by atoms with Crippen LogP contribution in [0.4, 0.5) is 4.39 Å². The Balaban J connectivity index is 2.73. The normalized spacial score (nSPS) is 15.2. The minimum atomic E-state index is -0.886. The van der Waals surface area contributed by atoms with Crippen LogP contribution in [0.3, 0.4) is 0 Å². The average Bonchev–Trinajstić information content (AvgIpc) is 2.20. The highest BCUT2D eigenvalue weighted by Gasteiger charge is 2.20. The summed E-state index contributed by atoms with van der Waals surface area (Å²) in [7, 11) is 0. The summed E-state index contributed by atoms with van der Waals surface area (Å²) >= 11 is 5.83. The van der Waals surface area contributed by atoms with Crippen molar-refractivity contribution in [3.05, 3.63) is 34.6 Å². The van der Waals surface area contributed by atoms with Gasteiger partial charge in [0, 0.05) is 11.4 Å². The van der Waals surface area contributed by atoms with Crippen molar-refractivity contribution in [3.8, 4) is 0 Å². The summed E-state index contributed by atoms with van der Waals surface area (Å²) in [6, 6.07) is 4.01.